The van der Waals surface area contributed by atoms with Crippen molar-refractivity contribution in [3.63, 3.8) is 0 Å². The molecule has 0 saturated carbocycles. The van der Waals surface area contributed by atoms with E-state index >= 15 is 0 Å². The van der Waals surface area contributed by atoms with Gasteiger partial charge in [0.15, 0.2) is 0 Å². The normalized spacial score (nSPS) is 23.5. The molecular formula is C19H24N4O2S. The molecule has 1 aromatic carbocycles. The summed E-state index contributed by atoms with van der Waals surface area (Å²) in [6, 6.07) is 8.07. The maximum absolute atomic E-state index is 12.9. The van der Waals surface area contributed by atoms with Gasteiger partial charge in [0.05, 0.1) is 35.1 Å². The molecule has 2 aliphatic rings. The molecule has 0 unspecified atom stereocenters. The number of fused-ring (bicyclic) bond motifs is 1. The van der Waals surface area contributed by atoms with Crippen LogP contribution in [0, 0.1) is 6.92 Å². The number of para-hydroxylation sites is 1. The number of likely N-dealkylation sites (N-methyl/N-ethyl adjacent to an activating group) is 1. The Bertz CT molecular complexity index is 793. The largest absolute Gasteiger partial charge is 0.375 e. The van der Waals surface area contributed by atoms with Gasteiger partial charge in [0, 0.05) is 30.6 Å². The molecule has 3 heterocycles. The van der Waals surface area contributed by atoms with Gasteiger partial charge < -0.3 is 15.0 Å². The standard InChI is InChI=1S/C19H24N4O2S/c1-13-20-16(12-26-13)14-5-3-4-6-15(14)21-19(24)23-8-7-18-17(11-23)22(2)9-10-25-18/h3-6,12,17-18H,7-11H2,1-2H3,(H,21,24)/t17-,18+/m1/s1. The molecule has 2 aromatic rings. The fourth-order valence-corrected chi connectivity index (χ4v) is 4.34. The summed E-state index contributed by atoms with van der Waals surface area (Å²) in [6.45, 7) is 5.11. The fraction of sp³-hybridized carbons (Fsp3) is 0.474. The number of ether oxygens (including phenoxy) is 1. The summed E-state index contributed by atoms with van der Waals surface area (Å²) in [5.41, 5.74) is 2.67. The Morgan fingerprint density at radius 2 is 2.19 bits per heavy atom. The van der Waals surface area contributed by atoms with Crippen LogP contribution in [0.3, 0.4) is 0 Å². The van der Waals surface area contributed by atoms with Crippen molar-refractivity contribution < 1.29 is 9.53 Å². The van der Waals surface area contributed by atoms with Crippen LogP contribution in [0.25, 0.3) is 11.3 Å². The number of urea groups is 1. The Labute approximate surface area is 157 Å². The highest BCUT2D eigenvalue weighted by Gasteiger charge is 2.37. The van der Waals surface area contributed by atoms with Gasteiger partial charge in [0.1, 0.15) is 0 Å². The second kappa shape index (κ2) is 7.34. The summed E-state index contributed by atoms with van der Waals surface area (Å²) in [5, 5.41) is 6.14. The number of rotatable bonds is 2. The number of carbonyl (C=O) groups excluding carboxylic acids is 1. The summed E-state index contributed by atoms with van der Waals surface area (Å²) in [6.07, 6.45) is 1.12. The monoisotopic (exact) mass is 372 g/mol. The van der Waals surface area contributed by atoms with E-state index < -0.39 is 0 Å². The molecule has 0 radical (unpaired) electrons. The number of morpholine rings is 1. The van der Waals surface area contributed by atoms with Crippen molar-refractivity contribution in [2.45, 2.75) is 25.5 Å². The molecule has 6 nitrogen and oxygen atoms in total. The van der Waals surface area contributed by atoms with E-state index in [4.69, 9.17) is 4.74 Å². The first kappa shape index (κ1) is 17.5. The molecule has 1 aromatic heterocycles. The Hall–Kier alpha value is -1.96. The van der Waals surface area contributed by atoms with Crippen LogP contribution < -0.4 is 5.32 Å². The van der Waals surface area contributed by atoms with Gasteiger partial charge in [-0.05, 0) is 26.5 Å². The minimum atomic E-state index is -0.0539. The predicted octanol–water partition coefficient (Wildman–Crippen LogP) is 3.06. The summed E-state index contributed by atoms with van der Waals surface area (Å²) < 4.78 is 5.87. The number of likely N-dealkylation sites (tertiary alicyclic amines) is 1. The zero-order valence-corrected chi connectivity index (χ0v) is 16.0. The molecule has 1 N–H and O–H groups in total. The molecular weight excluding hydrogens is 348 g/mol. The van der Waals surface area contributed by atoms with Crippen molar-refractivity contribution in [2.75, 3.05) is 38.6 Å². The van der Waals surface area contributed by atoms with Gasteiger partial charge in [-0.3, -0.25) is 4.90 Å². The van der Waals surface area contributed by atoms with Crippen LogP contribution in [0.15, 0.2) is 29.6 Å². The van der Waals surface area contributed by atoms with Crippen LogP contribution in [0.2, 0.25) is 0 Å². The Morgan fingerprint density at radius 3 is 3.00 bits per heavy atom. The average molecular weight is 372 g/mol. The number of hydrogen-bond donors (Lipinski definition) is 1. The topological polar surface area (TPSA) is 57.7 Å². The number of aryl methyl sites for hydroxylation is 1. The highest BCUT2D eigenvalue weighted by Crippen LogP contribution is 2.29. The molecule has 7 heteroatoms. The summed E-state index contributed by atoms with van der Waals surface area (Å²) in [5.74, 6) is 0. The van der Waals surface area contributed by atoms with Gasteiger partial charge in [-0.25, -0.2) is 9.78 Å². The molecule has 4 rings (SSSR count). The fourth-order valence-electron chi connectivity index (χ4n) is 3.72. The predicted molar refractivity (Wildman–Crippen MR) is 104 cm³/mol. The SMILES string of the molecule is Cc1nc(-c2ccccc2NC(=O)N2CC[C@@H]3OCCN(C)[C@@H]3C2)cs1. The highest BCUT2D eigenvalue weighted by molar-refractivity contribution is 7.09. The Balaban J connectivity index is 1.49. The van der Waals surface area contributed by atoms with Gasteiger partial charge in [0.25, 0.3) is 0 Å². The number of nitrogens with one attached hydrogen (secondary N) is 1. The van der Waals surface area contributed by atoms with Crippen LogP contribution in [0.5, 0.6) is 0 Å². The van der Waals surface area contributed by atoms with Crippen LogP contribution in [0.4, 0.5) is 10.5 Å². The first-order valence-electron chi connectivity index (χ1n) is 9.01. The molecule has 2 amide bonds. The van der Waals surface area contributed by atoms with E-state index in [0.29, 0.717) is 6.54 Å². The van der Waals surface area contributed by atoms with E-state index in [2.05, 4.69) is 22.2 Å². The third-order valence-electron chi connectivity index (χ3n) is 5.21. The second-order valence-electron chi connectivity index (χ2n) is 6.92. The quantitative estimate of drug-likeness (QED) is 0.880. The summed E-state index contributed by atoms with van der Waals surface area (Å²) >= 11 is 1.61. The number of anilines is 1. The number of hydrogen-bond acceptors (Lipinski definition) is 5. The minimum Gasteiger partial charge on any atom is -0.375 e. The van der Waals surface area contributed by atoms with E-state index in [1.165, 1.54) is 0 Å². The maximum Gasteiger partial charge on any atom is 0.321 e. The lowest BCUT2D eigenvalue weighted by atomic mass is 9.99. The second-order valence-corrected chi connectivity index (χ2v) is 7.98. The number of nitrogens with zero attached hydrogens (tertiary/aromatic N) is 3. The summed E-state index contributed by atoms with van der Waals surface area (Å²) in [7, 11) is 2.11. The first-order chi connectivity index (χ1) is 12.6. The zero-order chi connectivity index (χ0) is 18.1. The number of aromatic nitrogens is 1. The van der Waals surface area contributed by atoms with Crippen LogP contribution in [-0.2, 0) is 4.74 Å². The smallest absolute Gasteiger partial charge is 0.321 e. The van der Waals surface area contributed by atoms with Crippen LogP contribution >= 0.6 is 11.3 Å². The van der Waals surface area contributed by atoms with E-state index in [9.17, 15) is 4.79 Å². The molecule has 2 fully saturated rings. The van der Waals surface area contributed by atoms with Crippen molar-refractivity contribution >= 4 is 23.1 Å². The van der Waals surface area contributed by atoms with Crippen molar-refractivity contribution in [1.82, 2.24) is 14.8 Å². The molecule has 2 aliphatic heterocycles. The molecule has 0 aliphatic carbocycles. The number of carbonyl (C=O) groups is 1. The molecule has 0 bridgehead atoms. The lowest BCUT2D eigenvalue weighted by Crippen LogP contribution is -2.60. The van der Waals surface area contributed by atoms with Crippen molar-refractivity contribution in [2.24, 2.45) is 0 Å². The van der Waals surface area contributed by atoms with Gasteiger partial charge in [0.2, 0.25) is 0 Å². The van der Waals surface area contributed by atoms with Gasteiger partial charge >= 0.3 is 6.03 Å². The first-order valence-corrected chi connectivity index (χ1v) is 9.89. The Kier molecular flexibility index (Phi) is 4.93. The number of amides is 2. The van der Waals surface area contributed by atoms with E-state index in [0.717, 1.165) is 48.1 Å². The van der Waals surface area contributed by atoms with E-state index in [-0.39, 0.29) is 18.2 Å². The summed E-state index contributed by atoms with van der Waals surface area (Å²) in [4.78, 5) is 21.6. The maximum atomic E-state index is 12.9. The van der Waals surface area contributed by atoms with Gasteiger partial charge in [-0.1, -0.05) is 18.2 Å². The van der Waals surface area contributed by atoms with Crippen LogP contribution in [0.1, 0.15) is 11.4 Å². The molecule has 138 valence electrons. The van der Waals surface area contributed by atoms with Crippen molar-refractivity contribution in [3.05, 3.63) is 34.7 Å². The number of benzene rings is 1. The molecule has 0 spiro atoms. The number of piperidine rings is 1. The van der Waals surface area contributed by atoms with Crippen molar-refractivity contribution in [3.8, 4) is 11.3 Å². The Morgan fingerprint density at radius 1 is 1.35 bits per heavy atom. The lowest BCUT2D eigenvalue weighted by Gasteiger charge is -2.45. The van der Waals surface area contributed by atoms with Crippen LogP contribution in [-0.4, -0.2) is 66.2 Å². The third kappa shape index (κ3) is 3.47. The van der Waals surface area contributed by atoms with Gasteiger partial charge in [-0.15, -0.1) is 11.3 Å². The van der Waals surface area contributed by atoms with Crippen molar-refractivity contribution in [1.29, 1.82) is 0 Å². The molecule has 26 heavy (non-hydrogen) atoms. The average Bonchev–Trinajstić information content (AvgIpc) is 3.08. The number of thiazole rings is 1. The van der Waals surface area contributed by atoms with Gasteiger partial charge in [-0.2, -0.15) is 0 Å². The highest BCUT2D eigenvalue weighted by atomic mass is 32.1. The third-order valence-corrected chi connectivity index (χ3v) is 5.99. The zero-order valence-electron chi connectivity index (χ0n) is 15.1. The van der Waals surface area contributed by atoms with E-state index in [1.54, 1.807) is 11.3 Å². The molecule has 2 atom stereocenters. The lowest BCUT2D eigenvalue weighted by molar-refractivity contribution is -0.0875. The molecule has 2 saturated heterocycles. The minimum absolute atomic E-state index is 0.0539. The van der Waals surface area contributed by atoms with E-state index in [1.807, 2.05) is 41.5 Å².